The summed E-state index contributed by atoms with van der Waals surface area (Å²) in [5.41, 5.74) is 2.16. The van der Waals surface area contributed by atoms with Gasteiger partial charge >= 0.3 is 5.97 Å². The van der Waals surface area contributed by atoms with Crippen LogP contribution in [0.4, 0.5) is 0 Å². The highest BCUT2D eigenvalue weighted by Gasteiger charge is 2.48. The number of carboxylic acid groups (broad SMARTS) is 1. The molecule has 1 aliphatic rings. The molecule has 1 atom stereocenters. The molecule has 1 unspecified atom stereocenters. The van der Waals surface area contributed by atoms with Crippen LogP contribution in [0.1, 0.15) is 23.3 Å². The van der Waals surface area contributed by atoms with Gasteiger partial charge in [-0.25, -0.2) is 8.42 Å². The van der Waals surface area contributed by atoms with Crippen molar-refractivity contribution in [2.24, 2.45) is 0 Å². The van der Waals surface area contributed by atoms with Crippen LogP contribution in [0, 0.1) is 6.92 Å². The van der Waals surface area contributed by atoms with E-state index in [0.29, 0.717) is 18.0 Å². The van der Waals surface area contributed by atoms with Gasteiger partial charge in [0.05, 0.1) is 12.2 Å². The minimum Gasteiger partial charge on any atom is -0.481 e. The van der Waals surface area contributed by atoms with E-state index in [1.54, 1.807) is 6.07 Å². The molecule has 1 saturated heterocycles. The summed E-state index contributed by atoms with van der Waals surface area (Å²) in [6, 6.07) is 11.7. The molecule has 1 aromatic heterocycles. The van der Waals surface area contributed by atoms with E-state index < -0.39 is 27.0 Å². The molecule has 1 fully saturated rings. The number of carboxylic acids is 1. The van der Waals surface area contributed by atoms with E-state index in [4.69, 9.17) is 0 Å². The van der Waals surface area contributed by atoms with Gasteiger partial charge in [-0.3, -0.25) is 4.79 Å². The Morgan fingerprint density at radius 3 is 2.60 bits per heavy atom. The predicted octanol–water partition coefficient (Wildman–Crippen LogP) is 2.80. The quantitative estimate of drug-likeness (QED) is 0.853. The zero-order valence-electron chi connectivity index (χ0n) is 14.0. The fourth-order valence-electron chi connectivity index (χ4n) is 3.23. The molecular weight excluding hydrogens is 358 g/mol. The van der Waals surface area contributed by atoms with Gasteiger partial charge < -0.3 is 10.4 Å². The molecular formula is C18H21NO4S2. The minimum atomic E-state index is -3.58. The first-order valence-electron chi connectivity index (χ1n) is 8.16. The molecule has 0 aliphatic carbocycles. The number of sulfone groups is 1. The number of hydrogen-bond acceptors (Lipinski definition) is 5. The first-order chi connectivity index (χ1) is 11.8. The van der Waals surface area contributed by atoms with Crippen molar-refractivity contribution in [3.63, 3.8) is 0 Å². The molecule has 1 aromatic carbocycles. The molecule has 7 heteroatoms. The Morgan fingerprint density at radius 2 is 1.92 bits per heavy atom. The maximum Gasteiger partial charge on any atom is 0.305 e. The van der Waals surface area contributed by atoms with Gasteiger partial charge in [-0.15, -0.1) is 11.3 Å². The largest absolute Gasteiger partial charge is 0.481 e. The van der Waals surface area contributed by atoms with Crippen LogP contribution in [0.3, 0.4) is 0 Å². The summed E-state index contributed by atoms with van der Waals surface area (Å²) in [6.45, 7) is 2.86. The lowest BCUT2D eigenvalue weighted by Crippen LogP contribution is -2.39. The first-order valence-corrected chi connectivity index (χ1v) is 10.6. The van der Waals surface area contributed by atoms with Crippen LogP contribution in [0.25, 0.3) is 10.4 Å². The zero-order chi connectivity index (χ0) is 18.1. The highest BCUT2D eigenvalue weighted by atomic mass is 32.2. The van der Waals surface area contributed by atoms with Crippen molar-refractivity contribution in [2.75, 3.05) is 18.8 Å². The van der Waals surface area contributed by atoms with Crippen molar-refractivity contribution in [2.45, 2.75) is 24.5 Å². The summed E-state index contributed by atoms with van der Waals surface area (Å²) < 4.78 is 24.6. The Morgan fingerprint density at radius 1 is 1.20 bits per heavy atom. The molecule has 0 spiro atoms. The third-order valence-corrected chi connectivity index (χ3v) is 8.64. The average molecular weight is 380 g/mol. The van der Waals surface area contributed by atoms with Crippen molar-refractivity contribution >= 4 is 27.1 Å². The van der Waals surface area contributed by atoms with Crippen LogP contribution in [-0.4, -0.2) is 38.3 Å². The van der Waals surface area contributed by atoms with Gasteiger partial charge in [0.1, 0.15) is 4.75 Å². The number of aryl methyl sites for hydroxylation is 1. The number of aliphatic carboxylic acids is 1. The summed E-state index contributed by atoms with van der Waals surface area (Å²) in [6.07, 6.45) is -0.125. The van der Waals surface area contributed by atoms with E-state index in [-0.39, 0.29) is 12.2 Å². The second-order valence-electron chi connectivity index (χ2n) is 6.41. The molecule has 0 saturated carbocycles. The van der Waals surface area contributed by atoms with Gasteiger partial charge in [-0.1, -0.05) is 29.8 Å². The highest BCUT2D eigenvalue weighted by Crippen LogP contribution is 2.44. The van der Waals surface area contributed by atoms with E-state index in [1.165, 1.54) is 11.3 Å². The molecule has 1 aliphatic heterocycles. The van der Waals surface area contributed by atoms with Crippen LogP contribution in [0.5, 0.6) is 0 Å². The Bertz CT molecular complexity index is 871. The van der Waals surface area contributed by atoms with Gasteiger partial charge in [0, 0.05) is 16.3 Å². The van der Waals surface area contributed by atoms with Crippen LogP contribution in [0.15, 0.2) is 36.4 Å². The minimum absolute atomic E-state index is 0.0436. The Balaban J connectivity index is 2.08. The smallest absolute Gasteiger partial charge is 0.305 e. The topological polar surface area (TPSA) is 83.5 Å². The van der Waals surface area contributed by atoms with E-state index >= 15 is 0 Å². The Labute approximate surface area is 151 Å². The number of benzene rings is 1. The normalized spacial score (nSPS) is 23.1. The van der Waals surface area contributed by atoms with Crippen molar-refractivity contribution in [3.05, 3.63) is 46.8 Å². The molecule has 2 aromatic rings. The van der Waals surface area contributed by atoms with Crippen LogP contribution < -0.4 is 5.32 Å². The summed E-state index contributed by atoms with van der Waals surface area (Å²) in [4.78, 5) is 13.1. The van der Waals surface area contributed by atoms with Gasteiger partial charge in [0.25, 0.3) is 0 Å². The lowest BCUT2D eigenvalue weighted by molar-refractivity contribution is -0.137. The molecule has 2 heterocycles. The van der Waals surface area contributed by atoms with Gasteiger partial charge in [-0.05, 0) is 37.6 Å². The van der Waals surface area contributed by atoms with E-state index in [2.05, 4.69) is 5.32 Å². The molecule has 0 amide bonds. The molecule has 134 valence electrons. The van der Waals surface area contributed by atoms with Gasteiger partial charge in [0.15, 0.2) is 9.84 Å². The number of carbonyl (C=O) groups is 1. The van der Waals surface area contributed by atoms with Crippen molar-refractivity contribution in [3.8, 4) is 10.4 Å². The third kappa shape index (κ3) is 3.49. The molecule has 3 rings (SSSR count). The van der Waals surface area contributed by atoms with Crippen LogP contribution in [0.2, 0.25) is 0 Å². The van der Waals surface area contributed by atoms with Gasteiger partial charge in [-0.2, -0.15) is 0 Å². The lowest BCUT2D eigenvalue weighted by atomic mass is 9.98. The number of thiophene rings is 1. The molecule has 0 bridgehead atoms. The number of nitrogens with one attached hydrogen (secondary N) is 1. The predicted molar refractivity (Wildman–Crippen MR) is 99.7 cm³/mol. The van der Waals surface area contributed by atoms with Crippen molar-refractivity contribution < 1.29 is 18.3 Å². The molecule has 0 radical (unpaired) electrons. The van der Waals surface area contributed by atoms with Gasteiger partial charge in [0.2, 0.25) is 0 Å². The maximum atomic E-state index is 13.0. The van der Waals surface area contributed by atoms with E-state index in [0.717, 1.165) is 16.0 Å². The Hall–Kier alpha value is -1.70. The van der Waals surface area contributed by atoms with Crippen LogP contribution >= 0.6 is 11.3 Å². The SMILES string of the molecule is Cc1ccc(-c2ccc(C3(CC(=O)O)CCNCCS3(=O)=O)s2)cc1. The summed E-state index contributed by atoms with van der Waals surface area (Å²) >= 11 is 1.38. The third-order valence-electron chi connectivity index (χ3n) is 4.68. The zero-order valence-corrected chi connectivity index (χ0v) is 15.6. The number of hydrogen-bond donors (Lipinski definition) is 2. The Kier molecular flexibility index (Phi) is 4.99. The monoisotopic (exact) mass is 379 g/mol. The standard InChI is InChI=1S/C18H21NO4S2/c1-13-2-4-14(5-3-13)15-6-7-16(24-15)18(12-17(20)21)8-9-19-10-11-25(18,22)23/h2-7,19H,8-12H2,1H3,(H,20,21). The summed E-state index contributed by atoms with van der Waals surface area (Å²) in [7, 11) is -3.58. The fourth-order valence-corrected chi connectivity index (χ4v) is 6.80. The first kappa shape index (κ1) is 18.1. The lowest BCUT2D eigenvalue weighted by Gasteiger charge is -2.29. The summed E-state index contributed by atoms with van der Waals surface area (Å²) in [5.74, 6) is -1.13. The second-order valence-corrected chi connectivity index (χ2v) is 9.92. The summed E-state index contributed by atoms with van der Waals surface area (Å²) in [5, 5.41) is 12.5. The maximum absolute atomic E-state index is 13.0. The number of rotatable bonds is 4. The van der Waals surface area contributed by atoms with Crippen molar-refractivity contribution in [1.82, 2.24) is 5.32 Å². The van der Waals surface area contributed by atoms with E-state index in [1.807, 2.05) is 37.3 Å². The highest BCUT2D eigenvalue weighted by molar-refractivity contribution is 7.92. The van der Waals surface area contributed by atoms with Crippen LogP contribution in [-0.2, 0) is 19.4 Å². The molecule has 2 N–H and O–H groups in total. The molecule has 25 heavy (non-hydrogen) atoms. The second kappa shape index (κ2) is 6.90. The molecule has 5 nitrogen and oxygen atoms in total. The average Bonchev–Trinajstić information content (AvgIpc) is 2.98. The fraction of sp³-hybridized carbons (Fsp3) is 0.389. The van der Waals surface area contributed by atoms with Crippen molar-refractivity contribution in [1.29, 1.82) is 0 Å². The van der Waals surface area contributed by atoms with E-state index in [9.17, 15) is 18.3 Å².